The van der Waals surface area contributed by atoms with Gasteiger partial charge >= 0.3 is 0 Å². The van der Waals surface area contributed by atoms with E-state index in [1.165, 1.54) is 0 Å². The van der Waals surface area contributed by atoms with Gasteiger partial charge < -0.3 is 14.2 Å². The van der Waals surface area contributed by atoms with E-state index in [2.05, 4.69) is 5.43 Å². The van der Waals surface area contributed by atoms with Gasteiger partial charge in [0, 0.05) is 12.5 Å². The lowest BCUT2D eigenvalue weighted by atomic mass is 9.89. The zero-order valence-electron chi connectivity index (χ0n) is 10.9. The van der Waals surface area contributed by atoms with E-state index in [-0.39, 0.29) is 6.04 Å². The Morgan fingerprint density at radius 1 is 1.16 bits per heavy atom. The summed E-state index contributed by atoms with van der Waals surface area (Å²) in [6.07, 6.45) is 2.22. The molecule has 1 aromatic carbocycles. The molecule has 0 spiro atoms. The minimum Gasteiger partial charge on any atom is -0.486 e. The number of nitrogens with one attached hydrogen (secondary N) is 1. The van der Waals surface area contributed by atoms with E-state index < -0.39 is 0 Å². The Bertz CT molecular complexity index is 433. The molecule has 3 N–H and O–H groups in total. The molecule has 2 aliphatic heterocycles. The first-order valence-electron chi connectivity index (χ1n) is 6.82. The van der Waals surface area contributed by atoms with Crippen LogP contribution in [0, 0.1) is 5.92 Å². The Morgan fingerprint density at radius 2 is 2.00 bits per heavy atom. The van der Waals surface area contributed by atoms with Crippen LogP contribution in [0.1, 0.15) is 24.4 Å². The zero-order chi connectivity index (χ0) is 13.1. The van der Waals surface area contributed by atoms with E-state index in [1.807, 2.05) is 18.2 Å². The van der Waals surface area contributed by atoms with Crippen LogP contribution in [0.2, 0.25) is 0 Å². The molecule has 2 unspecified atom stereocenters. The quantitative estimate of drug-likeness (QED) is 0.638. The Morgan fingerprint density at radius 3 is 2.74 bits per heavy atom. The SMILES string of the molecule is NNC(c1ccc2c(c1)OCCO2)C1CCCOC1. The molecule has 19 heavy (non-hydrogen) atoms. The van der Waals surface area contributed by atoms with Gasteiger partial charge in [0.2, 0.25) is 0 Å². The predicted molar refractivity (Wildman–Crippen MR) is 71.0 cm³/mol. The molecular weight excluding hydrogens is 244 g/mol. The molecule has 104 valence electrons. The third kappa shape index (κ3) is 2.68. The molecule has 2 heterocycles. The van der Waals surface area contributed by atoms with Crippen LogP contribution in [0.5, 0.6) is 11.5 Å². The minimum atomic E-state index is 0.0936. The second-order valence-corrected chi connectivity index (χ2v) is 5.02. The van der Waals surface area contributed by atoms with Gasteiger partial charge in [-0.2, -0.15) is 0 Å². The van der Waals surface area contributed by atoms with Crippen LogP contribution < -0.4 is 20.7 Å². The molecule has 3 rings (SSSR count). The van der Waals surface area contributed by atoms with Crippen molar-refractivity contribution in [2.75, 3.05) is 26.4 Å². The van der Waals surface area contributed by atoms with Crippen LogP contribution in [0.3, 0.4) is 0 Å². The normalized spacial score (nSPS) is 23.9. The van der Waals surface area contributed by atoms with Crippen LogP contribution in [-0.4, -0.2) is 26.4 Å². The van der Waals surface area contributed by atoms with E-state index >= 15 is 0 Å². The smallest absolute Gasteiger partial charge is 0.161 e. The fraction of sp³-hybridized carbons (Fsp3) is 0.571. The van der Waals surface area contributed by atoms with Crippen molar-refractivity contribution in [3.05, 3.63) is 23.8 Å². The molecule has 0 bridgehead atoms. The van der Waals surface area contributed by atoms with Gasteiger partial charge in [-0.15, -0.1) is 0 Å². The zero-order valence-corrected chi connectivity index (χ0v) is 10.9. The summed E-state index contributed by atoms with van der Waals surface area (Å²) in [4.78, 5) is 0. The number of fused-ring (bicyclic) bond motifs is 1. The van der Waals surface area contributed by atoms with E-state index in [0.717, 1.165) is 43.1 Å². The van der Waals surface area contributed by atoms with Crippen LogP contribution in [-0.2, 0) is 4.74 Å². The minimum absolute atomic E-state index is 0.0936. The van der Waals surface area contributed by atoms with Gasteiger partial charge in [-0.1, -0.05) is 6.07 Å². The van der Waals surface area contributed by atoms with Crippen molar-refractivity contribution in [1.29, 1.82) is 0 Å². The van der Waals surface area contributed by atoms with Crippen molar-refractivity contribution in [3.8, 4) is 11.5 Å². The fourth-order valence-corrected chi connectivity index (χ4v) is 2.79. The first kappa shape index (κ1) is 12.7. The van der Waals surface area contributed by atoms with Crippen molar-refractivity contribution >= 4 is 0 Å². The Labute approximate surface area is 113 Å². The van der Waals surface area contributed by atoms with Crippen LogP contribution in [0.4, 0.5) is 0 Å². The highest BCUT2D eigenvalue weighted by Crippen LogP contribution is 2.35. The third-order valence-electron chi connectivity index (χ3n) is 3.77. The topological polar surface area (TPSA) is 65.7 Å². The Kier molecular flexibility index (Phi) is 3.87. The molecule has 0 radical (unpaired) electrons. The third-order valence-corrected chi connectivity index (χ3v) is 3.77. The van der Waals surface area contributed by atoms with Crippen molar-refractivity contribution < 1.29 is 14.2 Å². The van der Waals surface area contributed by atoms with Crippen molar-refractivity contribution in [2.45, 2.75) is 18.9 Å². The molecule has 0 aliphatic carbocycles. The summed E-state index contributed by atoms with van der Waals surface area (Å²) in [5, 5.41) is 0. The molecule has 0 amide bonds. The van der Waals surface area contributed by atoms with Crippen molar-refractivity contribution in [2.24, 2.45) is 11.8 Å². The summed E-state index contributed by atoms with van der Waals surface area (Å²) < 4.78 is 16.7. The molecule has 0 saturated carbocycles. The summed E-state index contributed by atoms with van der Waals surface area (Å²) in [6.45, 7) is 2.82. The van der Waals surface area contributed by atoms with E-state index in [4.69, 9.17) is 20.1 Å². The number of nitrogens with two attached hydrogens (primary N) is 1. The number of rotatable bonds is 3. The summed E-state index contributed by atoms with van der Waals surface area (Å²) in [6, 6.07) is 6.12. The van der Waals surface area contributed by atoms with Gasteiger partial charge in [-0.3, -0.25) is 11.3 Å². The number of hydrogen-bond acceptors (Lipinski definition) is 5. The molecule has 5 heteroatoms. The van der Waals surface area contributed by atoms with Crippen LogP contribution in [0.15, 0.2) is 18.2 Å². The molecule has 1 saturated heterocycles. The Hall–Kier alpha value is -1.30. The maximum Gasteiger partial charge on any atom is 0.161 e. The second-order valence-electron chi connectivity index (χ2n) is 5.02. The molecule has 1 aromatic rings. The second kappa shape index (κ2) is 5.77. The average Bonchev–Trinajstić information content (AvgIpc) is 2.49. The first-order chi connectivity index (χ1) is 9.38. The molecule has 0 aromatic heterocycles. The van der Waals surface area contributed by atoms with Crippen molar-refractivity contribution in [3.63, 3.8) is 0 Å². The number of ether oxygens (including phenoxy) is 3. The molecule has 1 fully saturated rings. The number of hydrazine groups is 1. The molecular formula is C14H20N2O3. The lowest BCUT2D eigenvalue weighted by Crippen LogP contribution is -2.37. The molecule has 5 nitrogen and oxygen atoms in total. The monoisotopic (exact) mass is 264 g/mol. The van der Waals surface area contributed by atoms with Crippen LogP contribution in [0.25, 0.3) is 0 Å². The van der Waals surface area contributed by atoms with Gasteiger partial charge in [0.15, 0.2) is 11.5 Å². The molecule has 2 aliphatic rings. The number of hydrogen-bond donors (Lipinski definition) is 2. The highest BCUT2D eigenvalue weighted by atomic mass is 16.6. The maximum atomic E-state index is 5.73. The van der Waals surface area contributed by atoms with Gasteiger partial charge in [0.05, 0.1) is 12.6 Å². The summed E-state index contributed by atoms with van der Waals surface area (Å²) in [5.41, 5.74) is 4.05. The highest BCUT2D eigenvalue weighted by Gasteiger charge is 2.26. The summed E-state index contributed by atoms with van der Waals surface area (Å²) in [7, 11) is 0. The molecule has 2 atom stereocenters. The number of benzene rings is 1. The predicted octanol–water partition coefficient (Wildman–Crippen LogP) is 1.39. The van der Waals surface area contributed by atoms with E-state index in [9.17, 15) is 0 Å². The van der Waals surface area contributed by atoms with Crippen molar-refractivity contribution in [1.82, 2.24) is 5.43 Å². The van der Waals surface area contributed by atoms with Gasteiger partial charge in [0.25, 0.3) is 0 Å². The van der Waals surface area contributed by atoms with Gasteiger partial charge in [0.1, 0.15) is 13.2 Å². The van der Waals surface area contributed by atoms with Gasteiger partial charge in [-0.25, -0.2) is 0 Å². The van der Waals surface area contributed by atoms with Crippen LogP contribution >= 0.6 is 0 Å². The van der Waals surface area contributed by atoms with E-state index in [1.54, 1.807) is 0 Å². The van der Waals surface area contributed by atoms with E-state index in [0.29, 0.717) is 19.1 Å². The highest BCUT2D eigenvalue weighted by molar-refractivity contribution is 5.44. The lowest BCUT2D eigenvalue weighted by Gasteiger charge is -2.30. The lowest BCUT2D eigenvalue weighted by molar-refractivity contribution is 0.0389. The summed E-state index contributed by atoms with van der Waals surface area (Å²) >= 11 is 0. The fourth-order valence-electron chi connectivity index (χ4n) is 2.79. The Balaban J connectivity index is 1.82. The standard InChI is InChI=1S/C14H20N2O3/c15-16-14(11-2-1-5-17-9-11)10-3-4-12-13(8-10)19-7-6-18-12/h3-4,8,11,14,16H,1-2,5-7,9,15H2. The first-order valence-corrected chi connectivity index (χ1v) is 6.82. The maximum absolute atomic E-state index is 5.73. The summed E-state index contributed by atoms with van der Waals surface area (Å²) in [5.74, 6) is 7.76. The average molecular weight is 264 g/mol. The van der Waals surface area contributed by atoms with Gasteiger partial charge in [-0.05, 0) is 30.5 Å². The largest absolute Gasteiger partial charge is 0.486 e.